The zero-order valence-corrected chi connectivity index (χ0v) is 16.8. The molecular weight excluding hydrogens is 354 g/mol. The van der Waals surface area contributed by atoms with E-state index in [4.69, 9.17) is 0 Å². The number of amides is 1. The summed E-state index contributed by atoms with van der Waals surface area (Å²) >= 11 is 0. The molecule has 156 valence electrons. The molecule has 1 aromatic rings. The standard InChI is InChI=1S/C22H35N3O3/c26-16-20(17-27)23-22(28)19-7-4-11-25(15-19)21-9-13-24(14-10-21)12-8-18-5-2-1-3-6-18/h1-3,5-6,19-21,26-27H,4,7-17H2,(H,23,28). The Morgan fingerprint density at radius 3 is 2.46 bits per heavy atom. The van der Waals surface area contributed by atoms with Crippen LogP contribution in [0.25, 0.3) is 0 Å². The first-order valence-electron chi connectivity index (χ1n) is 10.7. The number of carbonyl (C=O) groups excluding carboxylic acids is 1. The smallest absolute Gasteiger partial charge is 0.224 e. The van der Waals surface area contributed by atoms with Gasteiger partial charge in [-0.2, -0.15) is 0 Å². The highest BCUT2D eigenvalue weighted by Gasteiger charge is 2.32. The summed E-state index contributed by atoms with van der Waals surface area (Å²) in [4.78, 5) is 17.5. The van der Waals surface area contributed by atoms with Crippen molar-refractivity contribution < 1.29 is 15.0 Å². The molecule has 6 nitrogen and oxygen atoms in total. The van der Waals surface area contributed by atoms with Gasteiger partial charge in [0.05, 0.1) is 25.2 Å². The minimum absolute atomic E-state index is 0.0295. The summed E-state index contributed by atoms with van der Waals surface area (Å²) in [7, 11) is 0. The lowest BCUT2D eigenvalue weighted by molar-refractivity contribution is -0.128. The van der Waals surface area contributed by atoms with Crippen LogP contribution in [0.3, 0.4) is 0 Å². The molecule has 2 fully saturated rings. The van der Waals surface area contributed by atoms with Gasteiger partial charge in [-0.05, 0) is 57.3 Å². The Bertz CT molecular complexity index is 586. The molecule has 1 aromatic carbocycles. The third-order valence-corrected chi connectivity index (χ3v) is 6.24. The number of hydrogen-bond donors (Lipinski definition) is 3. The fourth-order valence-electron chi connectivity index (χ4n) is 4.46. The van der Waals surface area contributed by atoms with E-state index in [1.807, 2.05) is 0 Å². The number of benzene rings is 1. The van der Waals surface area contributed by atoms with E-state index in [2.05, 4.69) is 45.4 Å². The lowest BCUT2D eigenvalue weighted by Gasteiger charge is -2.42. The number of aliphatic hydroxyl groups is 2. The summed E-state index contributed by atoms with van der Waals surface area (Å²) in [6.45, 7) is 4.79. The van der Waals surface area contributed by atoms with E-state index in [9.17, 15) is 15.0 Å². The van der Waals surface area contributed by atoms with Crippen molar-refractivity contribution in [1.82, 2.24) is 15.1 Å². The molecule has 3 N–H and O–H groups in total. The summed E-state index contributed by atoms with van der Waals surface area (Å²) < 4.78 is 0. The molecule has 0 aromatic heterocycles. The van der Waals surface area contributed by atoms with Gasteiger partial charge in [-0.25, -0.2) is 0 Å². The summed E-state index contributed by atoms with van der Waals surface area (Å²) in [5.74, 6) is -0.0662. The Balaban J connectivity index is 1.41. The van der Waals surface area contributed by atoms with Crippen molar-refractivity contribution in [3.63, 3.8) is 0 Å². The Morgan fingerprint density at radius 2 is 1.79 bits per heavy atom. The van der Waals surface area contributed by atoms with Gasteiger partial charge in [-0.15, -0.1) is 0 Å². The van der Waals surface area contributed by atoms with E-state index in [1.165, 1.54) is 18.4 Å². The van der Waals surface area contributed by atoms with Crippen LogP contribution in [0.5, 0.6) is 0 Å². The number of carbonyl (C=O) groups is 1. The fourth-order valence-corrected chi connectivity index (χ4v) is 4.46. The number of piperidine rings is 2. The second-order valence-corrected chi connectivity index (χ2v) is 8.21. The van der Waals surface area contributed by atoms with E-state index >= 15 is 0 Å². The Morgan fingerprint density at radius 1 is 1.07 bits per heavy atom. The van der Waals surface area contributed by atoms with E-state index < -0.39 is 6.04 Å². The summed E-state index contributed by atoms with van der Waals surface area (Å²) in [5, 5.41) is 21.1. The molecule has 1 atom stereocenters. The molecule has 0 spiro atoms. The van der Waals surface area contributed by atoms with Crippen LogP contribution in [0.15, 0.2) is 30.3 Å². The minimum Gasteiger partial charge on any atom is -0.394 e. The maximum Gasteiger partial charge on any atom is 0.224 e. The first-order valence-corrected chi connectivity index (χ1v) is 10.7. The van der Waals surface area contributed by atoms with Gasteiger partial charge in [-0.3, -0.25) is 9.69 Å². The molecule has 0 bridgehead atoms. The monoisotopic (exact) mass is 389 g/mol. The van der Waals surface area contributed by atoms with Crippen LogP contribution in [0.4, 0.5) is 0 Å². The third kappa shape index (κ3) is 6.01. The van der Waals surface area contributed by atoms with Crippen LogP contribution in [0.2, 0.25) is 0 Å². The Hall–Kier alpha value is -1.47. The molecule has 0 saturated carbocycles. The first-order chi connectivity index (χ1) is 13.7. The van der Waals surface area contributed by atoms with E-state index in [0.717, 1.165) is 52.0 Å². The second kappa shape index (κ2) is 10.9. The molecule has 2 heterocycles. The fraction of sp³-hybridized carbons (Fsp3) is 0.682. The highest BCUT2D eigenvalue weighted by molar-refractivity contribution is 5.79. The zero-order chi connectivity index (χ0) is 19.8. The van der Waals surface area contributed by atoms with Crippen LogP contribution in [-0.2, 0) is 11.2 Å². The van der Waals surface area contributed by atoms with Crippen LogP contribution >= 0.6 is 0 Å². The normalized spacial score (nSPS) is 22.5. The molecule has 1 unspecified atom stereocenters. The number of hydrogen-bond acceptors (Lipinski definition) is 5. The van der Waals surface area contributed by atoms with Crippen LogP contribution < -0.4 is 5.32 Å². The maximum atomic E-state index is 12.5. The number of nitrogens with one attached hydrogen (secondary N) is 1. The molecule has 2 aliphatic heterocycles. The molecule has 1 amide bonds. The molecule has 28 heavy (non-hydrogen) atoms. The van der Waals surface area contributed by atoms with Crippen molar-refractivity contribution >= 4 is 5.91 Å². The average Bonchev–Trinajstić information content (AvgIpc) is 2.77. The zero-order valence-electron chi connectivity index (χ0n) is 16.8. The van der Waals surface area contributed by atoms with Crippen molar-refractivity contribution in [3.05, 3.63) is 35.9 Å². The summed E-state index contributed by atoms with van der Waals surface area (Å²) in [6.07, 6.45) is 5.36. The Kier molecular flexibility index (Phi) is 8.27. The highest BCUT2D eigenvalue weighted by Crippen LogP contribution is 2.24. The van der Waals surface area contributed by atoms with Crippen molar-refractivity contribution in [2.45, 2.75) is 44.2 Å². The van der Waals surface area contributed by atoms with Crippen LogP contribution in [0, 0.1) is 5.92 Å². The second-order valence-electron chi connectivity index (χ2n) is 8.21. The third-order valence-electron chi connectivity index (χ3n) is 6.24. The van der Waals surface area contributed by atoms with Crippen molar-refractivity contribution in [1.29, 1.82) is 0 Å². The van der Waals surface area contributed by atoms with E-state index in [0.29, 0.717) is 6.04 Å². The van der Waals surface area contributed by atoms with Crippen molar-refractivity contribution in [3.8, 4) is 0 Å². The van der Waals surface area contributed by atoms with E-state index in [-0.39, 0.29) is 25.0 Å². The topological polar surface area (TPSA) is 76.0 Å². The van der Waals surface area contributed by atoms with Gasteiger partial charge in [0.15, 0.2) is 0 Å². The van der Waals surface area contributed by atoms with Gasteiger partial charge in [0.25, 0.3) is 0 Å². The molecule has 2 saturated heterocycles. The minimum atomic E-state index is -0.546. The predicted octanol–water partition coefficient (Wildman–Crippen LogP) is 0.875. The van der Waals surface area contributed by atoms with Crippen molar-refractivity contribution in [2.24, 2.45) is 5.92 Å². The van der Waals surface area contributed by atoms with Gasteiger partial charge < -0.3 is 20.4 Å². The van der Waals surface area contributed by atoms with Gasteiger partial charge >= 0.3 is 0 Å². The lowest BCUT2D eigenvalue weighted by atomic mass is 9.93. The SMILES string of the molecule is O=C(NC(CO)CO)C1CCCN(C2CCN(CCc3ccccc3)CC2)C1. The molecule has 2 aliphatic rings. The predicted molar refractivity (Wildman–Crippen MR) is 110 cm³/mol. The molecule has 3 rings (SSSR count). The number of rotatable bonds is 8. The van der Waals surface area contributed by atoms with Gasteiger partial charge in [0.1, 0.15) is 0 Å². The number of aliphatic hydroxyl groups excluding tert-OH is 2. The Labute approximate surface area is 168 Å². The van der Waals surface area contributed by atoms with Gasteiger partial charge in [0, 0.05) is 19.1 Å². The molecule has 0 radical (unpaired) electrons. The van der Waals surface area contributed by atoms with Gasteiger partial charge in [-0.1, -0.05) is 30.3 Å². The number of likely N-dealkylation sites (tertiary alicyclic amines) is 2. The van der Waals surface area contributed by atoms with Gasteiger partial charge in [0.2, 0.25) is 5.91 Å². The molecule has 6 heteroatoms. The highest BCUT2D eigenvalue weighted by atomic mass is 16.3. The lowest BCUT2D eigenvalue weighted by Crippen LogP contribution is -2.52. The quantitative estimate of drug-likeness (QED) is 0.615. The largest absolute Gasteiger partial charge is 0.394 e. The van der Waals surface area contributed by atoms with Crippen LogP contribution in [0.1, 0.15) is 31.2 Å². The molecular formula is C22H35N3O3. The number of nitrogens with zero attached hydrogens (tertiary/aromatic N) is 2. The van der Waals surface area contributed by atoms with Crippen molar-refractivity contribution in [2.75, 3.05) is 45.9 Å². The first kappa shape index (κ1) is 21.2. The summed E-state index contributed by atoms with van der Waals surface area (Å²) in [6, 6.07) is 10.7. The maximum absolute atomic E-state index is 12.5. The molecule has 0 aliphatic carbocycles. The summed E-state index contributed by atoms with van der Waals surface area (Å²) in [5.41, 5.74) is 1.40. The van der Waals surface area contributed by atoms with Crippen LogP contribution in [-0.4, -0.2) is 83.9 Å². The van der Waals surface area contributed by atoms with E-state index in [1.54, 1.807) is 0 Å². The average molecular weight is 390 g/mol.